The van der Waals surface area contributed by atoms with E-state index in [9.17, 15) is 24.0 Å². The number of pyridine rings is 1. The number of rotatable bonds is 9. The van der Waals surface area contributed by atoms with Gasteiger partial charge in [0.25, 0.3) is 5.91 Å². The maximum atomic E-state index is 14.8. The first-order valence-electron chi connectivity index (χ1n) is 23.7. The fourth-order valence-corrected chi connectivity index (χ4v) is 10.6. The SMILES string of the molecule is C=CC(=O)N1CC2(CCN2C(=O)N(C)C(C(=O)N[C@H]2Cc3cccc(c3)-c3ccc4c(c3)c(c(-c3cccnc3[C@H](C)OC)n4CC)CC(C)(C)COC(=O)[C@@H]3CCCN(N3)C2=O)C(C)C)C1. The quantitative estimate of drug-likeness (QED) is 0.145. The first-order chi connectivity index (χ1) is 32.0. The summed E-state index contributed by atoms with van der Waals surface area (Å²) in [4.78, 5) is 79.4. The third-order valence-corrected chi connectivity index (χ3v) is 14.3. The van der Waals surface area contributed by atoms with E-state index in [-0.39, 0.29) is 37.0 Å². The van der Waals surface area contributed by atoms with E-state index in [0.29, 0.717) is 52.0 Å². The maximum Gasteiger partial charge on any atom is 0.324 e. The molecule has 1 spiro atoms. The second kappa shape index (κ2) is 18.9. The number of nitrogens with one attached hydrogen (secondary N) is 2. The Hall–Kier alpha value is -6.06. The van der Waals surface area contributed by atoms with Gasteiger partial charge in [0.05, 0.1) is 29.6 Å². The Labute approximate surface area is 393 Å². The van der Waals surface area contributed by atoms with Gasteiger partial charge in [-0.3, -0.25) is 29.2 Å². The molecule has 2 N–H and O–H groups in total. The van der Waals surface area contributed by atoms with Crippen molar-refractivity contribution in [2.24, 2.45) is 11.3 Å². The lowest BCUT2D eigenvalue weighted by Crippen LogP contribution is -2.79. The number of carbonyl (C=O) groups is 5. The van der Waals surface area contributed by atoms with E-state index >= 15 is 0 Å². The third-order valence-electron chi connectivity index (χ3n) is 14.3. The number of likely N-dealkylation sites (N-methyl/N-ethyl adjacent to an activating group) is 1. The molecule has 15 heteroatoms. The summed E-state index contributed by atoms with van der Waals surface area (Å²) in [5.74, 6) is -1.79. The molecule has 4 aliphatic rings. The summed E-state index contributed by atoms with van der Waals surface area (Å²) in [5.41, 5.74) is 10.0. The summed E-state index contributed by atoms with van der Waals surface area (Å²) in [6, 6.07) is 15.6. The average Bonchev–Trinajstić information content (AvgIpc) is 3.60. The molecular formula is C52H66N8O7. The molecule has 6 heterocycles. The molecule has 4 atom stereocenters. The highest BCUT2D eigenvalue weighted by Gasteiger charge is 2.57. The molecule has 2 aromatic carbocycles. The zero-order valence-electron chi connectivity index (χ0n) is 40.3. The lowest BCUT2D eigenvalue weighted by Gasteiger charge is -2.62. The highest BCUT2D eigenvalue weighted by atomic mass is 16.5. The molecule has 356 valence electrons. The van der Waals surface area contributed by atoms with E-state index in [2.05, 4.69) is 79.1 Å². The molecule has 0 radical (unpaired) electrons. The molecule has 1 unspecified atom stereocenters. The van der Waals surface area contributed by atoms with Crippen LogP contribution in [-0.4, -0.2) is 130 Å². The van der Waals surface area contributed by atoms with Crippen LogP contribution in [0, 0.1) is 11.3 Å². The van der Waals surface area contributed by atoms with Gasteiger partial charge >= 0.3 is 12.0 Å². The van der Waals surface area contributed by atoms with Crippen molar-refractivity contribution >= 4 is 40.6 Å². The van der Waals surface area contributed by atoms with Crippen molar-refractivity contribution in [3.63, 3.8) is 0 Å². The predicted molar refractivity (Wildman–Crippen MR) is 256 cm³/mol. The van der Waals surface area contributed by atoms with Crippen molar-refractivity contribution in [3.05, 3.63) is 90.3 Å². The van der Waals surface area contributed by atoms with Crippen molar-refractivity contribution in [2.45, 2.75) is 110 Å². The standard InChI is InChI=1S/C52H66N8O7/c1-10-43(61)57-29-52(30-57)21-24-59(52)50(65)56(8)45(32(3)4)47(62)54-41-26-34-15-12-16-35(25-34)36-19-20-42-38(27-36)39(46(58(42)11-2)37-17-13-22-53-44(37)33(5)66-9)28-51(6,7)31-67-49(64)40-18-14-23-60(55-40)48(41)63/h10,12-13,15-17,19-20,22,25,27,32-33,40-41,45,55H,1,11,14,18,21,23-24,26,28-31H2,2-9H3,(H,54,62)/t33-,40-,41-,45?/m0/s1. The molecule has 0 aliphatic carbocycles. The Morgan fingerprint density at radius 1 is 1.06 bits per heavy atom. The van der Waals surface area contributed by atoms with Gasteiger partial charge in [-0.1, -0.05) is 64.6 Å². The molecule has 2 aromatic heterocycles. The summed E-state index contributed by atoms with van der Waals surface area (Å²) >= 11 is 0. The number of hydrogen-bond donors (Lipinski definition) is 2. The number of benzene rings is 2. The molecule has 0 saturated carbocycles. The Morgan fingerprint density at radius 3 is 2.51 bits per heavy atom. The van der Waals surface area contributed by atoms with Crippen LogP contribution >= 0.6 is 0 Å². The Balaban J connectivity index is 1.16. The minimum Gasteiger partial charge on any atom is -0.464 e. The van der Waals surface area contributed by atoms with E-state index < -0.39 is 46.9 Å². The van der Waals surface area contributed by atoms with Crippen molar-refractivity contribution in [1.29, 1.82) is 0 Å². The number of carbonyl (C=O) groups excluding carboxylic acids is 5. The average molecular weight is 915 g/mol. The van der Waals surface area contributed by atoms with E-state index in [4.69, 9.17) is 14.5 Å². The van der Waals surface area contributed by atoms with Crippen LogP contribution in [0.15, 0.2) is 73.4 Å². The van der Waals surface area contributed by atoms with Gasteiger partial charge in [-0.2, -0.15) is 0 Å². The maximum absolute atomic E-state index is 14.8. The van der Waals surface area contributed by atoms with Crippen molar-refractivity contribution in [1.82, 2.24) is 40.0 Å². The lowest BCUT2D eigenvalue weighted by molar-refractivity contribution is -0.155. The van der Waals surface area contributed by atoms with Crippen LogP contribution in [0.4, 0.5) is 4.79 Å². The Bertz CT molecular complexity index is 2580. The fraction of sp³-hybridized carbons (Fsp3) is 0.500. The summed E-state index contributed by atoms with van der Waals surface area (Å²) in [6.07, 6.45) is 5.34. The van der Waals surface area contributed by atoms with Crippen LogP contribution in [0.25, 0.3) is 33.3 Å². The van der Waals surface area contributed by atoms with Gasteiger partial charge in [-0.15, -0.1) is 0 Å². The number of hydrazine groups is 1. The highest BCUT2D eigenvalue weighted by molar-refractivity contribution is 5.96. The van der Waals surface area contributed by atoms with E-state index in [1.165, 1.54) is 16.0 Å². The number of hydrogen-bond acceptors (Lipinski definition) is 9. The summed E-state index contributed by atoms with van der Waals surface area (Å²) in [7, 11) is 3.31. The molecule has 15 nitrogen and oxygen atoms in total. The van der Waals surface area contributed by atoms with Crippen LogP contribution in [0.3, 0.4) is 0 Å². The van der Waals surface area contributed by atoms with Gasteiger partial charge < -0.3 is 34.1 Å². The van der Waals surface area contributed by atoms with Crippen LogP contribution in [0.1, 0.15) is 83.7 Å². The van der Waals surface area contributed by atoms with E-state index in [0.717, 1.165) is 56.5 Å². The van der Waals surface area contributed by atoms with Gasteiger partial charge in [0.1, 0.15) is 18.1 Å². The number of ether oxygens (including phenoxy) is 2. The van der Waals surface area contributed by atoms with Crippen LogP contribution in [-0.2, 0) is 48.0 Å². The predicted octanol–water partition coefficient (Wildman–Crippen LogP) is 6.30. The minimum atomic E-state index is -1.05. The van der Waals surface area contributed by atoms with E-state index in [1.807, 2.05) is 39.0 Å². The largest absolute Gasteiger partial charge is 0.464 e. The fourth-order valence-electron chi connectivity index (χ4n) is 10.6. The highest BCUT2D eigenvalue weighted by Crippen LogP contribution is 2.43. The number of aromatic nitrogens is 2. The molecule has 67 heavy (non-hydrogen) atoms. The van der Waals surface area contributed by atoms with Gasteiger partial charge in [-0.05, 0) is 98.0 Å². The van der Waals surface area contributed by atoms with Gasteiger partial charge in [0.2, 0.25) is 11.8 Å². The number of aryl methyl sites for hydroxylation is 1. The normalized spacial score (nSPS) is 21.2. The van der Waals surface area contributed by atoms with Crippen molar-refractivity contribution in [3.8, 4) is 22.4 Å². The minimum absolute atomic E-state index is 0.136. The molecule has 4 aromatic rings. The number of esters is 1. The zero-order valence-corrected chi connectivity index (χ0v) is 40.3. The van der Waals surface area contributed by atoms with Crippen LogP contribution < -0.4 is 10.7 Å². The molecule has 3 saturated heterocycles. The van der Waals surface area contributed by atoms with Crippen molar-refractivity contribution in [2.75, 3.05) is 46.9 Å². The van der Waals surface area contributed by atoms with Gasteiger partial charge in [0, 0.05) is 81.4 Å². The second-order valence-corrected chi connectivity index (χ2v) is 20.0. The van der Waals surface area contributed by atoms with Gasteiger partial charge in [-0.25, -0.2) is 10.2 Å². The third kappa shape index (κ3) is 9.07. The summed E-state index contributed by atoms with van der Waals surface area (Å²) in [5, 5.41) is 5.60. The lowest BCUT2D eigenvalue weighted by atomic mass is 9.77. The molecular weight excluding hydrogens is 849 g/mol. The second-order valence-electron chi connectivity index (χ2n) is 20.0. The number of likely N-dealkylation sites (tertiary alicyclic amines) is 2. The topological polar surface area (TPSA) is 159 Å². The number of nitrogens with zero attached hydrogens (tertiary/aromatic N) is 6. The molecule has 4 aliphatic heterocycles. The van der Waals surface area contributed by atoms with E-state index in [1.54, 1.807) is 30.2 Å². The first kappa shape index (κ1) is 47.4. The zero-order chi connectivity index (χ0) is 47.9. The Kier molecular flexibility index (Phi) is 13.4. The monoisotopic (exact) mass is 915 g/mol. The number of amides is 5. The Morgan fingerprint density at radius 2 is 1.82 bits per heavy atom. The molecule has 6 bridgehead atoms. The number of fused-ring (bicyclic) bond motifs is 6. The van der Waals surface area contributed by atoms with Gasteiger partial charge in [0.15, 0.2) is 0 Å². The number of methoxy groups -OCH3 is 1. The van der Waals surface area contributed by atoms with Crippen LogP contribution in [0.5, 0.6) is 0 Å². The van der Waals surface area contributed by atoms with Crippen LogP contribution in [0.2, 0.25) is 0 Å². The smallest absolute Gasteiger partial charge is 0.324 e. The number of urea groups is 1. The molecule has 5 amide bonds. The number of cyclic esters (lactones) is 1. The molecule has 3 fully saturated rings. The van der Waals surface area contributed by atoms with Crippen molar-refractivity contribution < 1.29 is 33.4 Å². The summed E-state index contributed by atoms with van der Waals surface area (Å²) in [6.45, 7) is 18.2. The molecule has 8 rings (SSSR count). The summed E-state index contributed by atoms with van der Waals surface area (Å²) < 4.78 is 14.3. The first-order valence-corrected chi connectivity index (χ1v) is 23.7.